The number of hydrogen-bond acceptors (Lipinski definition) is 10. The van der Waals surface area contributed by atoms with Crippen molar-refractivity contribution in [2.45, 2.75) is 153 Å². The molecule has 0 radical (unpaired) electrons. The van der Waals surface area contributed by atoms with E-state index >= 15 is 0 Å². The van der Waals surface area contributed by atoms with Gasteiger partial charge in [0.05, 0.1) is 17.7 Å². The number of carbonyl (C=O) groups is 7. The van der Waals surface area contributed by atoms with Gasteiger partial charge in [0.1, 0.15) is 24.2 Å². The SMILES string of the molecule is C[C@H](NC(=O)[C@@H]1CCCN1C(=O)[C@H](C)NC(=O)C(C)(C)CCOC(C)(C)CCNC(=O)CCCC[C@@H]1SC[C@@H]2NC(=O)N[C@@H]21)C(=O)N[C@@H](CCCNC(=N)N)C(=O)O. The number of nitrogens with two attached hydrogens (primary N) is 1. The molecule has 7 atom stereocenters. The minimum absolute atomic E-state index is 0.0116. The number of rotatable bonds is 24. The maximum atomic E-state index is 13.5. The van der Waals surface area contributed by atoms with Crippen LogP contribution in [0.5, 0.6) is 0 Å². The molecule has 328 valence electrons. The second-order valence-corrected chi connectivity index (χ2v) is 18.0. The lowest BCUT2D eigenvalue weighted by Gasteiger charge is -2.31. The average Bonchev–Trinajstić information content (AvgIpc) is 3.87. The number of nitrogens with one attached hydrogen (secondary N) is 8. The lowest BCUT2D eigenvalue weighted by atomic mass is 9.88. The van der Waals surface area contributed by atoms with Crippen molar-refractivity contribution in [3.63, 3.8) is 0 Å². The predicted molar refractivity (Wildman–Crippen MR) is 219 cm³/mol. The normalized spacial score (nSPS) is 21.8. The molecule has 7 amide bonds. The zero-order valence-electron chi connectivity index (χ0n) is 34.8. The molecule has 58 heavy (non-hydrogen) atoms. The van der Waals surface area contributed by atoms with Crippen molar-refractivity contribution >= 4 is 59.3 Å². The van der Waals surface area contributed by atoms with Gasteiger partial charge < -0.3 is 57.7 Å². The van der Waals surface area contributed by atoms with Gasteiger partial charge in [-0.05, 0) is 79.1 Å². The number of hydrogen-bond donors (Lipinski definition) is 10. The highest BCUT2D eigenvalue weighted by atomic mass is 32.2. The molecule has 0 aromatic heterocycles. The standard InChI is InChI=1S/C38H66N10O9S/c1-22(30(50)45-24(33(53)54)11-9-17-42-35(39)40)43-31(51)26-12-10-19-48(26)32(52)23(2)44-34(55)37(3,4)16-20-57-38(5,6)15-18-41-28(49)14-8-7-13-27-29-25(21-58-27)46-36(56)47-29/h22-27,29H,7-21H2,1-6H3,(H,41,49)(H,43,51)(H,44,55)(H,45,50)(H,53,54)(H4,39,40,42)(H2,46,47,56)/t22-,23-,24-,25-,26-,27-,29-/m0/s1. The maximum absolute atomic E-state index is 13.5. The van der Waals surface area contributed by atoms with Crippen LogP contribution in [0.15, 0.2) is 0 Å². The summed E-state index contributed by atoms with van der Waals surface area (Å²) in [7, 11) is 0. The van der Waals surface area contributed by atoms with Crippen LogP contribution >= 0.6 is 11.8 Å². The van der Waals surface area contributed by atoms with Gasteiger partial charge in [-0.2, -0.15) is 11.8 Å². The number of carbonyl (C=O) groups excluding carboxylic acids is 6. The van der Waals surface area contributed by atoms with Gasteiger partial charge in [0.25, 0.3) is 0 Å². The molecule has 3 saturated heterocycles. The minimum Gasteiger partial charge on any atom is -0.480 e. The molecule has 3 rings (SSSR count). The Labute approximate surface area is 345 Å². The number of thioether (sulfide) groups is 1. The van der Waals surface area contributed by atoms with E-state index in [1.807, 2.05) is 25.6 Å². The summed E-state index contributed by atoms with van der Waals surface area (Å²) < 4.78 is 6.12. The number of nitrogens with zero attached hydrogens (tertiary/aromatic N) is 1. The molecule has 0 spiro atoms. The Bertz CT molecular complexity index is 1500. The summed E-state index contributed by atoms with van der Waals surface area (Å²) in [6.45, 7) is 11.6. The molecular weight excluding hydrogens is 773 g/mol. The van der Waals surface area contributed by atoms with Crippen molar-refractivity contribution in [1.82, 2.24) is 42.1 Å². The average molecular weight is 839 g/mol. The number of unbranched alkanes of at least 4 members (excludes halogenated alkanes) is 1. The van der Waals surface area contributed by atoms with E-state index < -0.39 is 58.9 Å². The molecule has 0 aliphatic carbocycles. The number of likely N-dealkylation sites (tertiary alicyclic amines) is 1. The number of fused-ring (bicyclic) bond motifs is 1. The highest BCUT2D eigenvalue weighted by Crippen LogP contribution is 2.33. The molecule has 0 unspecified atom stereocenters. The van der Waals surface area contributed by atoms with Crippen molar-refractivity contribution in [2.24, 2.45) is 11.1 Å². The molecule has 20 heteroatoms. The van der Waals surface area contributed by atoms with Gasteiger partial charge in [-0.3, -0.25) is 29.4 Å². The van der Waals surface area contributed by atoms with E-state index in [0.717, 1.165) is 25.0 Å². The molecule has 3 aliphatic heterocycles. The summed E-state index contributed by atoms with van der Waals surface area (Å²) in [4.78, 5) is 89.9. The number of ether oxygens (including phenoxy) is 1. The summed E-state index contributed by atoms with van der Waals surface area (Å²) in [5, 5.41) is 36.3. The Morgan fingerprint density at radius 3 is 2.40 bits per heavy atom. The first-order valence-corrected chi connectivity index (χ1v) is 21.4. The van der Waals surface area contributed by atoms with Crippen molar-refractivity contribution < 1.29 is 43.4 Å². The van der Waals surface area contributed by atoms with Crippen LogP contribution in [0.25, 0.3) is 0 Å². The van der Waals surface area contributed by atoms with Crippen LogP contribution in [0.2, 0.25) is 0 Å². The molecule has 3 aliphatic rings. The molecule has 11 N–H and O–H groups in total. The van der Waals surface area contributed by atoms with Gasteiger partial charge >= 0.3 is 12.0 Å². The van der Waals surface area contributed by atoms with Gasteiger partial charge in [-0.1, -0.05) is 20.3 Å². The number of aliphatic carboxylic acids is 1. The van der Waals surface area contributed by atoms with E-state index in [1.54, 1.807) is 20.8 Å². The van der Waals surface area contributed by atoms with Crippen LogP contribution in [-0.2, 0) is 33.5 Å². The van der Waals surface area contributed by atoms with E-state index in [2.05, 4.69) is 37.2 Å². The fourth-order valence-corrected chi connectivity index (χ4v) is 8.64. The summed E-state index contributed by atoms with van der Waals surface area (Å²) in [5.74, 6) is -2.64. The third-order valence-electron chi connectivity index (χ3n) is 10.9. The fourth-order valence-electron chi connectivity index (χ4n) is 7.10. The third kappa shape index (κ3) is 15.1. The topological polar surface area (TPSA) is 286 Å². The number of carboxylic acid groups (broad SMARTS) is 1. The number of guanidine groups is 1. The second-order valence-electron chi connectivity index (χ2n) is 16.7. The minimum atomic E-state index is -1.24. The molecular formula is C38H66N10O9S. The first kappa shape index (κ1) is 48.0. The fraction of sp³-hybridized carbons (Fsp3) is 0.789. The largest absolute Gasteiger partial charge is 0.480 e. The summed E-state index contributed by atoms with van der Waals surface area (Å²) in [6.07, 6.45) is 5.32. The smallest absolute Gasteiger partial charge is 0.326 e. The van der Waals surface area contributed by atoms with E-state index in [9.17, 15) is 38.7 Å². The Balaban J connectivity index is 1.35. The molecule has 0 aromatic carbocycles. The van der Waals surface area contributed by atoms with Gasteiger partial charge in [0.2, 0.25) is 29.5 Å². The second kappa shape index (κ2) is 22.2. The van der Waals surface area contributed by atoms with Crippen molar-refractivity contribution in [3.05, 3.63) is 0 Å². The summed E-state index contributed by atoms with van der Waals surface area (Å²) >= 11 is 1.87. The summed E-state index contributed by atoms with van der Waals surface area (Å²) in [5.41, 5.74) is 3.78. The zero-order chi connectivity index (χ0) is 43.2. The lowest BCUT2D eigenvalue weighted by molar-refractivity contribution is -0.144. The third-order valence-corrected chi connectivity index (χ3v) is 12.4. The first-order valence-electron chi connectivity index (χ1n) is 20.3. The van der Waals surface area contributed by atoms with E-state index in [-0.39, 0.29) is 55.5 Å². The molecule has 0 saturated carbocycles. The monoisotopic (exact) mass is 838 g/mol. The first-order chi connectivity index (χ1) is 27.2. The quantitative estimate of drug-likeness (QED) is 0.0271. The van der Waals surface area contributed by atoms with Crippen LogP contribution < -0.4 is 43.0 Å². The molecule has 3 fully saturated rings. The zero-order valence-corrected chi connectivity index (χ0v) is 35.6. The van der Waals surface area contributed by atoms with Crippen LogP contribution in [-0.4, -0.2) is 137 Å². The Morgan fingerprint density at radius 1 is 0.983 bits per heavy atom. The van der Waals surface area contributed by atoms with Crippen LogP contribution in [0, 0.1) is 10.8 Å². The van der Waals surface area contributed by atoms with Crippen molar-refractivity contribution in [3.8, 4) is 0 Å². The van der Waals surface area contributed by atoms with Gasteiger partial charge in [0, 0.05) is 49.1 Å². The number of carboxylic acids is 1. The Kier molecular flexibility index (Phi) is 18.4. The van der Waals surface area contributed by atoms with Gasteiger partial charge in [0.15, 0.2) is 5.96 Å². The number of amides is 7. The van der Waals surface area contributed by atoms with Gasteiger partial charge in [-0.15, -0.1) is 0 Å². The molecule has 3 heterocycles. The Morgan fingerprint density at radius 2 is 1.71 bits per heavy atom. The van der Waals surface area contributed by atoms with E-state index in [0.29, 0.717) is 56.9 Å². The molecule has 0 aromatic rings. The predicted octanol–water partition coefficient (Wildman–Crippen LogP) is 0.263. The molecule has 19 nitrogen and oxygen atoms in total. The van der Waals surface area contributed by atoms with Crippen LogP contribution in [0.4, 0.5) is 4.79 Å². The number of urea groups is 1. The lowest BCUT2D eigenvalue weighted by Crippen LogP contribution is -2.56. The maximum Gasteiger partial charge on any atom is 0.326 e. The van der Waals surface area contributed by atoms with Gasteiger partial charge in [-0.25, -0.2) is 9.59 Å². The highest BCUT2D eigenvalue weighted by Gasteiger charge is 2.43. The van der Waals surface area contributed by atoms with Crippen molar-refractivity contribution in [1.29, 1.82) is 5.41 Å². The van der Waals surface area contributed by atoms with Crippen molar-refractivity contribution in [2.75, 3.05) is 32.0 Å². The summed E-state index contributed by atoms with van der Waals surface area (Å²) in [6, 6.07) is -3.83. The Hall–Kier alpha value is -4.33. The highest BCUT2D eigenvalue weighted by molar-refractivity contribution is 8.00. The van der Waals surface area contributed by atoms with E-state index in [4.69, 9.17) is 15.9 Å². The van der Waals surface area contributed by atoms with Crippen LogP contribution in [0.3, 0.4) is 0 Å². The molecule has 0 bridgehead atoms. The van der Waals surface area contributed by atoms with E-state index in [1.165, 1.54) is 11.8 Å². The van der Waals surface area contributed by atoms with Crippen LogP contribution in [0.1, 0.15) is 106 Å².